The predicted octanol–water partition coefficient (Wildman–Crippen LogP) is 10.9. The molecule has 10 heteroatoms. The number of amides is 1. The van der Waals surface area contributed by atoms with E-state index in [9.17, 15) is 24.2 Å². The van der Waals surface area contributed by atoms with Crippen LogP contribution in [0.3, 0.4) is 0 Å². The lowest BCUT2D eigenvalue weighted by Crippen LogP contribution is -2.27. The molecule has 0 aromatic heterocycles. The highest BCUT2D eigenvalue weighted by Gasteiger charge is 2.23. The van der Waals surface area contributed by atoms with Gasteiger partial charge in [-0.15, -0.1) is 0 Å². The first kappa shape index (κ1) is 50.2. The molecule has 0 radical (unpaired) electrons. The lowest BCUT2D eigenvalue weighted by atomic mass is 10.1. The van der Waals surface area contributed by atoms with Gasteiger partial charge in [0.2, 0.25) is 5.91 Å². The van der Waals surface area contributed by atoms with Crippen molar-refractivity contribution in [3.05, 3.63) is 85.1 Å². The van der Waals surface area contributed by atoms with E-state index >= 15 is 0 Å². The molecule has 0 bridgehead atoms. The van der Waals surface area contributed by atoms with Crippen LogP contribution in [0, 0.1) is 0 Å². The van der Waals surface area contributed by atoms with Crippen LogP contribution < -0.4 is 5.32 Å². The normalized spacial score (nSPS) is 14.3. The van der Waals surface area contributed by atoms with E-state index in [1.54, 1.807) is 0 Å². The molecule has 0 aromatic rings. The van der Waals surface area contributed by atoms with E-state index in [-0.39, 0.29) is 32.1 Å². The molecule has 3 N–H and O–H groups in total. The molecule has 0 aliphatic carbocycles. The molecule has 0 fully saturated rings. The van der Waals surface area contributed by atoms with E-state index in [0.717, 1.165) is 83.5 Å². The summed E-state index contributed by atoms with van der Waals surface area (Å²) in [7, 11) is -4.44. The second-order valence-corrected chi connectivity index (χ2v) is 14.3. The van der Waals surface area contributed by atoms with Crippen molar-refractivity contribution in [3.63, 3.8) is 0 Å². The summed E-state index contributed by atoms with van der Waals surface area (Å²) in [4.78, 5) is 33.8. The molecule has 0 saturated carbocycles. The Morgan fingerprint density at radius 3 is 1.66 bits per heavy atom. The van der Waals surface area contributed by atoms with Crippen molar-refractivity contribution in [2.75, 3.05) is 26.4 Å². The smallest absolute Gasteiger partial charge is 0.463 e. The molecule has 0 aliphatic heterocycles. The summed E-state index contributed by atoms with van der Waals surface area (Å²) in [5.41, 5.74) is 0. The van der Waals surface area contributed by atoms with Crippen molar-refractivity contribution >= 4 is 19.7 Å². The lowest BCUT2D eigenvalue weighted by molar-refractivity contribution is -0.147. The third-order valence-electron chi connectivity index (χ3n) is 7.81. The number of rotatable bonds is 36. The van der Waals surface area contributed by atoms with Gasteiger partial charge in [0.05, 0.1) is 13.2 Å². The van der Waals surface area contributed by atoms with E-state index in [0.29, 0.717) is 12.8 Å². The molecular formula is C43H72NO8P. The summed E-state index contributed by atoms with van der Waals surface area (Å²) in [5, 5.41) is 12.6. The number of hydrogen-bond acceptors (Lipinski definition) is 7. The molecule has 302 valence electrons. The van der Waals surface area contributed by atoms with Crippen LogP contribution in [0.5, 0.6) is 0 Å². The molecule has 2 unspecified atom stereocenters. The van der Waals surface area contributed by atoms with Crippen LogP contribution in [0.15, 0.2) is 85.1 Å². The fourth-order valence-corrected chi connectivity index (χ4v) is 5.55. The molecule has 0 saturated heterocycles. The van der Waals surface area contributed by atoms with E-state index < -0.39 is 26.5 Å². The van der Waals surface area contributed by atoms with Gasteiger partial charge in [-0.25, -0.2) is 4.57 Å². The van der Waals surface area contributed by atoms with Crippen LogP contribution in [0.25, 0.3) is 0 Å². The van der Waals surface area contributed by atoms with Gasteiger partial charge in [-0.1, -0.05) is 131 Å². The number of nitrogens with one attached hydrogen (secondary N) is 1. The SMILES string of the molecule is CC/C=C\C/C=C\C/C=C\C/C=C\C/C=C\CCCC(=O)OCC(O)COP(=O)(O)OCCNC(=O)CCCCCCC/C=C\C/C=C\CCCCC. The second kappa shape index (κ2) is 38.9. The quantitative estimate of drug-likeness (QED) is 0.0249. The molecule has 0 rings (SSSR count). The first-order valence-corrected chi connectivity index (χ1v) is 21.6. The number of aliphatic hydroxyl groups excluding tert-OH is 1. The minimum absolute atomic E-state index is 0.0623. The number of hydrogen-bond donors (Lipinski definition) is 3. The summed E-state index contributed by atoms with van der Waals surface area (Å²) in [6, 6.07) is 0. The standard InChI is InChI=1S/C43H72NO8P/c1-3-5-7-9-11-13-15-17-19-20-22-24-26-28-30-32-34-36-43(47)50-39-41(45)40-52-53(48,49)51-38-37-44-42(46)35-33-31-29-27-25-23-21-18-16-14-12-10-8-6-4-2/h5,7,11-14,17-19,21-22,24,28,30,41,45H,3-4,6,8-10,15-16,20,23,25-27,29,31-40H2,1-2H3,(H,44,46)(H,48,49)/b7-5-,13-11-,14-12-,19-17-,21-18-,24-22-,30-28-. The van der Waals surface area contributed by atoms with Gasteiger partial charge in [0.1, 0.15) is 12.7 Å². The Bertz CT molecular complexity index is 1140. The van der Waals surface area contributed by atoms with Crippen LogP contribution in [-0.4, -0.2) is 54.3 Å². The monoisotopic (exact) mass is 761 g/mol. The number of esters is 1. The van der Waals surface area contributed by atoms with Crippen molar-refractivity contribution in [2.24, 2.45) is 0 Å². The molecule has 2 atom stereocenters. The Kier molecular flexibility index (Phi) is 36.8. The summed E-state index contributed by atoms with van der Waals surface area (Å²) in [6.45, 7) is 3.30. The van der Waals surface area contributed by atoms with Crippen LogP contribution in [-0.2, 0) is 27.9 Å². The number of carbonyl (C=O) groups excluding carboxylic acids is 2. The zero-order valence-corrected chi connectivity index (χ0v) is 33.8. The molecule has 0 aromatic carbocycles. The van der Waals surface area contributed by atoms with Gasteiger partial charge in [0.15, 0.2) is 0 Å². The molecule has 53 heavy (non-hydrogen) atoms. The first-order chi connectivity index (χ1) is 25.8. The number of unbranched alkanes of at least 4 members (excludes halogenated alkanes) is 9. The Labute approximate surface area is 322 Å². The molecule has 1 amide bonds. The largest absolute Gasteiger partial charge is 0.472 e. The number of allylic oxidation sites excluding steroid dienone is 14. The average Bonchev–Trinajstić information content (AvgIpc) is 3.14. The van der Waals surface area contributed by atoms with Crippen LogP contribution in [0.4, 0.5) is 0 Å². The third-order valence-corrected chi connectivity index (χ3v) is 8.79. The zero-order valence-electron chi connectivity index (χ0n) is 32.9. The molecule has 9 nitrogen and oxygen atoms in total. The number of carbonyl (C=O) groups is 2. The van der Waals surface area contributed by atoms with E-state index in [4.69, 9.17) is 13.8 Å². The Morgan fingerprint density at radius 2 is 1.09 bits per heavy atom. The average molecular weight is 762 g/mol. The van der Waals surface area contributed by atoms with Crippen molar-refractivity contribution in [1.29, 1.82) is 0 Å². The highest BCUT2D eigenvalue weighted by Crippen LogP contribution is 2.42. The highest BCUT2D eigenvalue weighted by molar-refractivity contribution is 7.47. The summed E-state index contributed by atoms with van der Waals surface area (Å²) in [6.07, 6.45) is 48.0. The maximum Gasteiger partial charge on any atom is 0.472 e. The van der Waals surface area contributed by atoms with Gasteiger partial charge >= 0.3 is 13.8 Å². The minimum atomic E-state index is -4.44. The highest BCUT2D eigenvalue weighted by atomic mass is 31.2. The van der Waals surface area contributed by atoms with E-state index in [1.165, 1.54) is 25.7 Å². The number of ether oxygens (including phenoxy) is 1. The summed E-state index contributed by atoms with van der Waals surface area (Å²) >= 11 is 0. The Hall–Kier alpha value is -2.81. The van der Waals surface area contributed by atoms with Crippen LogP contribution in [0.2, 0.25) is 0 Å². The van der Waals surface area contributed by atoms with Gasteiger partial charge in [-0.2, -0.15) is 0 Å². The zero-order chi connectivity index (χ0) is 38.9. The van der Waals surface area contributed by atoms with Crippen molar-refractivity contribution in [1.82, 2.24) is 5.32 Å². The van der Waals surface area contributed by atoms with Gasteiger partial charge in [0.25, 0.3) is 0 Å². The van der Waals surface area contributed by atoms with Gasteiger partial charge in [-0.05, 0) is 83.5 Å². The van der Waals surface area contributed by atoms with Crippen LogP contribution >= 0.6 is 7.82 Å². The maximum atomic E-state index is 12.1. The van der Waals surface area contributed by atoms with E-state index in [1.807, 2.05) is 6.08 Å². The first-order valence-electron chi connectivity index (χ1n) is 20.1. The van der Waals surface area contributed by atoms with Gasteiger partial charge in [0, 0.05) is 19.4 Å². The molecular weight excluding hydrogens is 689 g/mol. The number of phosphoric acid groups is 1. The van der Waals surface area contributed by atoms with Crippen molar-refractivity contribution < 1.29 is 37.9 Å². The Balaban J connectivity index is 3.74. The van der Waals surface area contributed by atoms with Gasteiger partial charge < -0.3 is 20.1 Å². The molecule has 0 heterocycles. The summed E-state index contributed by atoms with van der Waals surface area (Å²) in [5.74, 6) is -0.599. The number of aliphatic hydroxyl groups is 1. The van der Waals surface area contributed by atoms with E-state index in [2.05, 4.69) is 98.2 Å². The maximum absolute atomic E-state index is 12.1. The predicted molar refractivity (Wildman–Crippen MR) is 219 cm³/mol. The third kappa shape index (κ3) is 40.2. The molecule has 0 aliphatic rings. The topological polar surface area (TPSA) is 131 Å². The summed E-state index contributed by atoms with van der Waals surface area (Å²) < 4.78 is 26.8. The van der Waals surface area contributed by atoms with Crippen molar-refractivity contribution in [2.45, 2.75) is 148 Å². The minimum Gasteiger partial charge on any atom is -0.463 e. The Morgan fingerprint density at radius 1 is 0.604 bits per heavy atom. The van der Waals surface area contributed by atoms with Gasteiger partial charge in [-0.3, -0.25) is 18.6 Å². The second-order valence-electron chi connectivity index (χ2n) is 12.9. The fraction of sp³-hybridized carbons (Fsp3) is 0.628. The fourth-order valence-electron chi connectivity index (χ4n) is 4.80. The van der Waals surface area contributed by atoms with Crippen LogP contribution in [0.1, 0.15) is 142 Å². The lowest BCUT2D eigenvalue weighted by Gasteiger charge is -2.15. The number of phosphoric ester groups is 1. The van der Waals surface area contributed by atoms with Crippen molar-refractivity contribution in [3.8, 4) is 0 Å². The molecule has 0 spiro atoms.